The molecule has 132 valence electrons. The number of pyridine rings is 1. The van der Waals surface area contributed by atoms with Gasteiger partial charge in [-0.3, -0.25) is 19.6 Å². The summed E-state index contributed by atoms with van der Waals surface area (Å²) in [5.41, 5.74) is 3.27. The number of benzene rings is 2. The Kier molecular flexibility index (Phi) is 4.98. The Morgan fingerprint density at radius 1 is 1.00 bits per heavy atom. The smallest absolute Gasteiger partial charge is 0.261 e. The van der Waals surface area contributed by atoms with E-state index in [1.54, 1.807) is 18.3 Å². The number of hydrogen-bond donors (Lipinski definition) is 2. The molecule has 0 atom stereocenters. The van der Waals surface area contributed by atoms with Gasteiger partial charge in [0.1, 0.15) is 0 Å². The number of carbonyl (C=O) groups excluding carboxylic acids is 1. The van der Waals surface area contributed by atoms with Crippen LogP contribution in [0.2, 0.25) is 0 Å². The molecule has 0 aliphatic heterocycles. The van der Waals surface area contributed by atoms with Gasteiger partial charge in [0.2, 0.25) is 0 Å². The quantitative estimate of drug-likeness (QED) is 0.504. The maximum Gasteiger partial charge on any atom is 0.261 e. The Labute approximate surface area is 160 Å². The fourth-order valence-electron chi connectivity index (χ4n) is 2.60. The van der Waals surface area contributed by atoms with Gasteiger partial charge >= 0.3 is 0 Å². The molecule has 0 radical (unpaired) electrons. The fourth-order valence-corrected chi connectivity index (χ4v) is 3.24. The zero-order chi connectivity index (χ0) is 18.5. The second-order valence-corrected chi connectivity index (χ2v) is 6.68. The van der Waals surface area contributed by atoms with E-state index in [2.05, 4.69) is 19.9 Å². The third-order valence-corrected chi connectivity index (χ3v) is 4.74. The average molecular weight is 372 g/mol. The zero-order valence-corrected chi connectivity index (χ0v) is 15.1. The number of carbonyl (C=O) groups is 1. The second-order valence-electron chi connectivity index (χ2n) is 5.80. The van der Waals surface area contributed by atoms with E-state index in [-0.39, 0.29) is 5.91 Å². The van der Waals surface area contributed by atoms with Crippen LogP contribution in [0, 0.1) is 0 Å². The van der Waals surface area contributed by atoms with Crippen molar-refractivity contribution < 1.29 is 4.79 Å². The molecular formula is C21H16N4OS. The third kappa shape index (κ3) is 4.07. The van der Waals surface area contributed by atoms with E-state index < -0.39 is 0 Å². The lowest BCUT2D eigenvalue weighted by Gasteiger charge is -2.04. The lowest BCUT2D eigenvalue weighted by atomic mass is 10.2. The minimum absolute atomic E-state index is 0.121. The lowest BCUT2D eigenvalue weighted by molar-refractivity contribution is 0.0984. The van der Waals surface area contributed by atoms with Crippen LogP contribution in [0.4, 0.5) is 0 Å². The van der Waals surface area contributed by atoms with Crippen molar-refractivity contribution in [2.45, 2.75) is 4.90 Å². The number of fused-ring (bicyclic) bond motifs is 1. The molecule has 0 unspecified atom stereocenters. The third-order valence-electron chi connectivity index (χ3n) is 3.96. The molecule has 2 aromatic carbocycles. The van der Waals surface area contributed by atoms with Crippen LogP contribution in [0.5, 0.6) is 0 Å². The molecule has 2 N–H and O–H groups in total. The van der Waals surface area contributed by atoms with Crippen LogP contribution < -0.4 is 4.72 Å². The number of aromatic amines is 1. The van der Waals surface area contributed by atoms with E-state index in [9.17, 15) is 4.79 Å². The van der Waals surface area contributed by atoms with E-state index in [1.165, 1.54) is 11.9 Å². The summed E-state index contributed by atoms with van der Waals surface area (Å²) in [6, 6.07) is 20.8. The van der Waals surface area contributed by atoms with Crippen molar-refractivity contribution in [2.24, 2.45) is 0 Å². The van der Waals surface area contributed by atoms with Crippen LogP contribution in [-0.2, 0) is 0 Å². The highest BCUT2D eigenvalue weighted by Crippen LogP contribution is 2.24. The van der Waals surface area contributed by atoms with Gasteiger partial charge in [0.15, 0.2) is 0 Å². The summed E-state index contributed by atoms with van der Waals surface area (Å²) in [6.07, 6.45) is 5.62. The largest absolute Gasteiger partial charge is 0.292 e. The number of aromatic nitrogens is 3. The molecule has 0 bridgehead atoms. The molecule has 1 amide bonds. The van der Waals surface area contributed by atoms with Crippen molar-refractivity contribution in [2.75, 3.05) is 0 Å². The minimum atomic E-state index is -0.121. The molecule has 4 aromatic rings. The predicted molar refractivity (Wildman–Crippen MR) is 109 cm³/mol. The van der Waals surface area contributed by atoms with Crippen LogP contribution in [0.15, 0.2) is 77.8 Å². The first kappa shape index (κ1) is 17.1. The number of hydrogen-bond acceptors (Lipinski definition) is 4. The van der Waals surface area contributed by atoms with E-state index in [0.29, 0.717) is 5.56 Å². The number of H-pyrrole nitrogens is 1. The Bertz CT molecular complexity index is 1090. The topological polar surface area (TPSA) is 70.7 Å². The Hall–Kier alpha value is -3.38. The molecule has 0 aliphatic rings. The summed E-state index contributed by atoms with van der Waals surface area (Å²) in [5.74, 6) is -0.121. The summed E-state index contributed by atoms with van der Waals surface area (Å²) in [4.78, 5) is 17.3. The minimum Gasteiger partial charge on any atom is -0.292 e. The summed E-state index contributed by atoms with van der Waals surface area (Å²) in [7, 11) is 0. The zero-order valence-electron chi connectivity index (χ0n) is 14.3. The highest BCUT2D eigenvalue weighted by molar-refractivity contribution is 7.98. The Balaban J connectivity index is 1.47. The number of amides is 1. The van der Waals surface area contributed by atoms with Crippen molar-refractivity contribution in [1.82, 2.24) is 19.9 Å². The van der Waals surface area contributed by atoms with Gasteiger partial charge in [-0.2, -0.15) is 5.10 Å². The van der Waals surface area contributed by atoms with Crippen LogP contribution >= 0.6 is 11.9 Å². The summed E-state index contributed by atoms with van der Waals surface area (Å²) < 4.78 is 2.85. The molecule has 5 nitrogen and oxygen atoms in total. The standard InChI is InChI=1S/C21H16N4OS/c26-21(15-6-2-1-3-7-15)25-27-17-10-11-18-19(23-24-20(18)14-17)12-9-16-8-4-5-13-22-16/h1-14H,(H,23,24)(H,25,26)/b12-9+. The van der Waals surface area contributed by atoms with Gasteiger partial charge in [0, 0.05) is 22.0 Å². The van der Waals surface area contributed by atoms with Crippen molar-refractivity contribution >= 4 is 40.9 Å². The van der Waals surface area contributed by atoms with Gasteiger partial charge in [-0.1, -0.05) is 24.3 Å². The van der Waals surface area contributed by atoms with Crippen LogP contribution in [0.1, 0.15) is 21.7 Å². The summed E-state index contributed by atoms with van der Waals surface area (Å²) >= 11 is 1.28. The molecule has 2 heterocycles. The van der Waals surface area contributed by atoms with Gasteiger partial charge in [-0.05, 0) is 66.6 Å². The van der Waals surface area contributed by atoms with Crippen molar-refractivity contribution in [3.63, 3.8) is 0 Å². The molecule has 6 heteroatoms. The Morgan fingerprint density at radius 2 is 1.85 bits per heavy atom. The highest BCUT2D eigenvalue weighted by atomic mass is 32.2. The molecular weight excluding hydrogens is 356 g/mol. The van der Waals surface area contributed by atoms with E-state index in [4.69, 9.17) is 0 Å². The Morgan fingerprint density at radius 3 is 2.67 bits per heavy atom. The van der Waals surface area contributed by atoms with Gasteiger partial charge in [0.25, 0.3) is 5.91 Å². The van der Waals surface area contributed by atoms with Gasteiger partial charge in [-0.15, -0.1) is 0 Å². The van der Waals surface area contributed by atoms with Crippen LogP contribution in [-0.4, -0.2) is 21.1 Å². The summed E-state index contributed by atoms with van der Waals surface area (Å²) in [5, 5.41) is 8.41. The van der Waals surface area contributed by atoms with Gasteiger partial charge < -0.3 is 0 Å². The maximum absolute atomic E-state index is 12.1. The fraction of sp³-hybridized carbons (Fsp3) is 0. The average Bonchev–Trinajstić information content (AvgIpc) is 3.14. The van der Waals surface area contributed by atoms with Gasteiger partial charge in [0.05, 0.1) is 16.9 Å². The van der Waals surface area contributed by atoms with Crippen molar-refractivity contribution in [1.29, 1.82) is 0 Å². The van der Waals surface area contributed by atoms with E-state index >= 15 is 0 Å². The number of nitrogens with zero attached hydrogens (tertiary/aromatic N) is 2. The first-order valence-electron chi connectivity index (χ1n) is 8.39. The predicted octanol–water partition coefficient (Wildman–Crippen LogP) is 4.57. The van der Waals surface area contributed by atoms with Crippen molar-refractivity contribution in [3.8, 4) is 0 Å². The molecule has 4 rings (SSSR count). The molecule has 27 heavy (non-hydrogen) atoms. The van der Waals surface area contributed by atoms with E-state index in [1.807, 2.05) is 66.7 Å². The molecule has 0 spiro atoms. The lowest BCUT2D eigenvalue weighted by Crippen LogP contribution is -2.15. The maximum atomic E-state index is 12.1. The molecule has 2 aromatic heterocycles. The molecule has 0 saturated carbocycles. The van der Waals surface area contributed by atoms with Crippen molar-refractivity contribution in [3.05, 3.63) is 89.9 Å². The second kappa shape index (κ2) is 7.88. The van der Waals surface area contributed by atoms with E-state index in [0.717, 1.165) is 27.2 Å². The number of nitrogens with one attached hydrogen (secondary N) is 2. The first-order chi connectivity index (χ1) is 13.3. The number of rotatable bonds is 5. The van der Waals surface area contributed by atoms with Crippen LogP contribution in [0.25, 0.3) is 23.1 Å². The van der Waals surface area contributed by atoms with Gasteiger partial charge in [-0.25, -0.2) is 0 Å². The van der Waals surface area contributed by atoms with Crippen LogP contribution in [0.3, 0.4) is 0 Å². The monoisotopic (exact) mass is 372 g/mol. The highest BCUT2D eigenvalue weighted by Gasteiger charge is 2.07. The normalized spacial score (nSPS) is 11.1. The molecule has 0 fully saturated rings. The molecule has 0 saturated heterocycles. The first-order valence-corrected chi connectivity index (χ1v) is 9.21. The SMILES string of the molecule is O=C(NSc1ccc2c(/C=C/c3ccccn3)n[nH]c2c1)c1ccccc1. The molecule has 0 aliphatic carbocycles. The summed E-state index contributed by atoms with van der Waals surface area (Å²) in [6.45, 7) is 0.